The average Bonchev–Trinajstić information content (AvgIpc) is 3.22. The molecule has 4 rings (SSSR count). The average molecular weight is 394 g/mol. The zero-order valence-corrected chi connectivity index (χ0v) is 16.5. The van der Waals surface area contributed by atoms with E-state index in [0.29, 0.717) is 23.7 Å². The van der Waals surface area contributed by atoms with Crippen LogP contribution in [0.25, 0.3) is 11.0 Å². The van der Waals surface area contributed by atoms with Crippen molar-refractivity contribution >= 4 is 28.5 Å². The van der Waals surface area contributed by atoms with E-state index < -0.39 is 0 Å². The number of carbonyl (C=O) groups is 1. The monoisotopic (exact) mass is 393 g/mol. The van der Waals surface area contributed by atoms with Crippen molar-refractivity contribution in [2.75, 3.05) is 0 Å². The Kier molecular flexibility index (Phi) is 4.92. The predicted molar refractivity (Wildman–Crippen MR) is 110 cm³/mol. The molecule has 6 heteroatoms. The largest absolute Gasteiger partial charge is 0.451 e. The fourth-order valence-electron chi connectivity index (χ4n) is 3.28. The van der Waals surface area contributed by atoms with Crippen molar-refractivity contribution in [3.63, 3.8) is 0 Å². The van der Waals surface area contributed by atoms with Gasteiger partial charge in [-0.3, -0.25) is 9.48 Å². The highest BCUT2D eigenvalue weighted by Gasteiger charge is 2.16. The summed E-state index contributed by atoms with van der Waals surface area (Å²) in [4.78, 5) is 12.5. The molecule has 2 aromatic carbocycles. The number of amides is 1. The van der Waals surface area contributed by atoms with Crippen LogP contribution in [-0.2, 0) is 13.1 Å². The molecule has 28 heavy (non-hydrogen) atoms. The van der Waals surface area contributed by atoms with Crippen LogP contribution in [0.1, 0.15) is 33.1 Å². The first kappa shape index (κ1) is 18.3. The molecule has 0 spiro atoms. The second kappa shape index (κ2) is 7.52. The molecular weight excluding hydrogens is 374 g/mol. The third kappa shape index (κ3) is 3.66. The van der Waals surface area contributed by atoms with Crippen LogP contribution in [0.5, 0.6) is 0 Å². The van der Waals surface area contributed by atoms with E-state index >= 15 is 0 Å². The van der Waals surface area contributed by atoms with Crippen molar-refractivity contribution in [2.24, 2.45) is 0 Å². The minimum atomic E-state index is -0.262. The number of hydrogen-bond donors (Lipinski definition) is 1. The van der Waals surface area contributed by atoms with Crippen LogP contribution in [0.4, 0.5) is 0 Å². The van der Waals surface area contributed by atoms with Gasteiger partial charge >= 0.3 is 0 Å². The van der Waals surface area contributed by atoms with Gasteiger partial charge in [-0.1, -0.05) is 41.9 Å². The molecule has 0 saturated heterocycles. The number of aryl methyl sites for hydroxylation is 1. The highest BCUT2D eigenvalue weighted by Crippen LogP contribution is 2.23. The van der Waals surface area contributed by atoms with E-state index in [1.54, 1.807) is 24.3 Å². The molecule has 0 fully saturated rings. The lowest BCUT2D eigenvalue weighted by Crippen LogP contribution is -2.23. The molecule has 2 heterocycles. The number of fused-ring (bicyclic) bond motifs is 1. The van der Waals surface area contributed by atoms with Crippen LogP contribution in [0.15, 0.2) is 59.0 Å². The number of nitrogens with zero attached hydrogens (tertiary/aromatic N) is 2. The van der Waals surface area contributed by atoms with Gasteiger partial charge in [-0.05, 0) is 43.7 Å². The molecule has 142 valence electrons. The molecule has 0 atom stereocenters. The van der Waals surface area contributed by atoms with Crippen molar-refractivity contribution < 1.29 is 9.21 Å². The summed E-state index contributed by atoms with van der Waals surface area (Å²) in [5.74, 6) is 0.00572. The molecule has 0 saturated carbocycles. The fourth-order valence-corrected chi connectivity index (χ4v) is 3.46. The van der Waals surface area contributed by atoms with Gasteiger partial charge in [0.2, 0.25) is 0 Å². The van der Waals surface area contributed by atoms with E-state index in [2.05, 4.69) is 22.5 Å². The highest BCUT2D eigenvalue weighted by atomic mass is 35.5. The van der Waals surface area contributed by atoms with Crippen molar-refractivity contribution in [2.45, 2.75) is 26.9 Å². The summed E-state index contributed by atoms with van der Waals surface area (Å²) in [7, 11) is 0. The molecule has 0 unspecified atom stereocenters. The number of hydrogen-bond acceptors (Lipinski definition) is 3. The van der Waals surface area contributed by atoms with Crippen LogP contribution >= 0.6 is 11.6 Å². The maximum Gasteiger partial charge on any atom is 0.287 e. The fraction of sp³-hybridized carbons (Fsp3) is 0.182. The molecule has 0 aliphatic rings. The molecule has 0 aliphatic heterocycles. The van der Waals surface area contributed by atoms with Crippen LogP contribution in [0.3, 0.4) is 0 Å². The number of furan rings is 1. The lowest BCUT2D eigenvalue weighted by Gasteiger charge is -2.06. The van der Waals surface area contributed by atoms with E-state index in [0.717, 1.165) is 22.3 Å². The van der Waals surface area contributed by atoms with Crippen molar-refractivity contribution in [3.8, 4) is 0 Å². The Hall–Kier alpha value is -3.05. The van der Waals surface area contributed by atoms with Gasteiger partial charge in [0, 0.05) is 28.2 Å². The van der Waals surface area contributed by atoms with Gasteiger partial charge < -0.3 is 9.73 Å². The van der Waals surface area contributed by atoms with Gasteiger partial charge in [0.15, 0.2) is 5.76 Å². The maximum absolute atomic E-state index is 12.5. The van der Waals surface area contributed by atoms with Gasteiger partial charge in [-0.25, -0.2) is 0 Å². The Balaban J connectivity index is 1.48. The SMILES string of the molecule is Cc1nn(Cc2ccccc2)c(C)c1CNC(=O)c1cc2cc(Cl)ccc2o1. The van der Waals surface area contributed by atoms with E-state index in [9.17, 15) is 4.79 Å². The normalized spacial score (nSPS) is 11.1. The third-order valence-electron chi connectivity index (χ3n) is 4.83. The van der Waals surface area contributed by atoms with Crippen molar-refractivity contribution in [1.82, 2.24) is 15.1 Å². The van der Waals surface area contributed by atoms with Gasteiger partial charge in [-0.15, -0.1) is 0 Å². The number of nitrogens with one attached hydrogen (secondary N) is 1. The summed E-state index contributed by atoms with van der Waals surface area (Å²) in [6, 6.07) is 17.2. The number of aromatic nitrogens is 2. The van der Waals surface area contributed by atoms with E-state index in [1.165, 1.54) is 5.56 Å². The first-order chi connectivity index (χ1) is 13.5. The number of rotatable bonds is 5. The predicted octanol–water partition coefficient (Wildman–Crippen LogP) is 4.88. The Labute approximate surface area is 167 Å². The first-order valence-corrected chi connectivity index (χ1v) is 9.43. The summed E-state index contributed by atoms with van der Waals surface area (Å²) in [5, 5.41) is 8.97. The molecule has 2 aromatic heterocycles. The molecular formula is C22H20ClN3O2. The van der Waals surface area contributed by atoms with Crippen LogP contribution in [0, 0.1) is 13.8 Å². The highest BCUT2D eigenvalue weighted by molar-refractivity contribution is 6.31. The second-order valence-corrected chi connectivity index (χ2v) is 7.20. The third-order valence-corrected chi connectivity index (χ3v) is 5.07. The topological polar surface area (TPSA) is 60.1 Å². The summed E-state index contributed by atoms with van der Waals surface area (Å²) in [6.07, 6.45) is 0. The molecule has 1 amide bonds. The molecule has 0 aliphatic carbocycles. The summed E-state index contributed by atoms with van der Waals surface area (Å²) in [6.45, 7) is 5.07. The van der Waals surface area contributed by atoms with Gasteiger partial charge in [0.05, 0.1) is 12.2 Å². The quantitative estimate of drug-likeness (QED) is 0.525. The second-order valence-electron chi connectivity index (χ2n) is 6.77. The zero-order chi connectivity index (χ0) is 19.7. The lowest BCUT2D eigenvalue weighted by molar-refractivity contribution is 0.0925. The van der Waals surface area contributed by atoms with E-state index in [-0.39, 0.29) is 11.7 Å². The lowest BCUT2D eigenvalue weighted by atomic mass is 10.2. The Bertz CT molecular complexity index is 1150. The van der Waals surface area contributed by atoms with Crippen molar-refractivity contribution in [3.05, 3.63) is 87.9 Å². The van der Waals surface area contributed by atoms with E-state index in [1.807, 2.05) is 36.7 Å². The zero-order valence-electron chi connectivity index (χ0n) is 15.7. The maximum atomic E-state index is 12.5. The molecule has 4 aromatic rings. The standard InChI is InChI=1S/C22H20ClN3O2/c1-14-19(15(2)26(25-14)13-16-6-4-3-5-7-16)12-24-22(27)21-11-17-10-18(23)8-9-20(17)28-21/h3-11H,12-13H2,1-2H3,(H,24,27). The summed E-state index contributed by atoms with van der Waals surface area (Å²) in [5.41, 5.74) is 4.79. The Morgan fingerprint density at radius 3 is 2.71 bits per heavy atom. The smallest absolute Gasteiger partial charge is 0.287 e. The van der Waals surface area contributed by atoms with Crippen LogP contribution in [0.2, 0.25) is 5.02 Å². The van der Waals surface area contributed by atoms with Gasteiger partial charge in [-0.2, -0.15) is 5.10 Å². The number of benzene rings is 2. The molecule has 0 radical (unpaired) electrons. The Morgan fingerprint density at radius 2 is 1.93 bits per heavy atom. The number of halogens is 1. The first-order valence-electron chi connectivity index (χ1n) is 9.05. The summed E-state index contributed by atoms with van der Waals surface area (Å²) < 4.78 is 7.59. The minimum absolute atomic E-state index is 0.262. The number of carbonyl (C=O) groups excluding carboxylic acids is 1. The van der Waals surface area contributed by atoms with Crippen LogP contribution < -0.4 is 5.32 Å². The summed E-state index contributed by atoms with van der Waals surface area (Å²) >= 11 is 5.99. The van der Waals surface area contributed by atoms with Gasteiger partial charge in [0.1, 0.15) is 5.58 Å². The van der Waals surface area contributed by atoms with E-state index in [4.69, 9.17) is 16.0 Å². The van der Waals surface area contributed by atoms with Gasteiger partial charge in [0.25, 0.3) is 5.91 Å². The minimum Gasteiger partial charge on any atom is -0.451 e. The van der Waals surface area contributed by atoms with Crippen molar-refractivity contribution in [1.29, 1.82) is 0 Å². The Morgan fingerprint density at radius 1 is 1.14 bits per heavy atom. The molecule has 1 N–H and O–H groups in total. The molecule has 0 bridgehead atoms. The molecule has 5 nitrogen and oxygen atoms in total. The van der Waals surface area contributed by atoms with Crippen LogP contribution in [-0.4, -0.2) is 15.7 Å².